The highest BCUT2D eigenvalue weighted by Gasteiger charge is 2.21. The number of aromatic nitrogens is 3. The highest BCUT2D eigenvalue weighted by molar-refractivity contribution is 5.58. The molecule has 0 amide bonds. The maximum Gasteiger partial charge on any atom is 0.113 e. The number of benzene rings is 2. The normalized spacial score (nSPS) is 17.3. The number of hydrogen-bond donors (Lipinski definition) is 0. The summed E-state index contributed by atoms with van der Waals surface area (Å²) in [6.07, 6.45) is 7.97. The van der Waals surface area contributed by atoms with Gasteiger partial charge in [-0.2, -0.15) is 0 Å². The summed E-state index contributed by atoms with van der Waals surface area (Å²) in [4.78, 5) is 0. The van der Waals surface area contributed by atoms with Gasteiger partial charge in [0.15, 0.2) is 0 Å². The molecule has 4 rings (SSSR count). The minimum atomic E-state index is 0.305. The van der Waals surface area contributed by atoms with Gasteiger partial charge < -0.3 is 0 Å². The Hall–Kier alpha value is -2.42. The van der Waals surface area contributed by atoms with Crippen LogP contribution >= 0.6 is 0 Å². The largest absolute Gasteiger partial charge is 0.244 e. The van der Waals surface area contributed by atoms with E-state index in [-0.39, 0.29) is 0 Å². The van der Waals surface area contributed by atoms with E-state index in [4.69, 9.17) is 0 Å². The van der Waals surface area contributed by atoms with E-state index >= 15 is 0 Å². The fourth-order valence-corrected chi connectivity index (χ4v) is 3.64. The molecule has 1 aliphatic carbocycles. The zero-order valence-corrected chi connectivity index (χ0v) is 14.2. The molecule has 0 aliphatic heterocycles. The molecule has 1 aliphatic rings. The van der Waals surface area contributed by atoms with Gasteiger partial charge in [-0.25, -0.2) is 4.68 Å². The van der Waals surface area contributed by atoms with Crippen LogP contribution in [0.5, 0.6) is 0 Å². The third-order valence-corrected chi connectivity index (χ3v) is 5.08. The zero-order chi connectivity index (χ0) is 16.4. The maximum absolute atomic E-state index is 4.47. The van der Waals surface area contributed by atoms with Crippen molar-refractivity contribution >= 4 is 0 Å². The van der Waals surface area contributed by atoms with Crippen molar-refractivity contribution in [1.82, 2.24) is 15.0 Å². The minimum Gasteiger partial charge on any atom is -0.244 e. The molecule has 0 radical (unpaired) electrons. The molecule has 0 bridgehead atoms. The summed E-state index contributed by atoms with van der Waals surface area (Å²) in [7, 11) is 0. The van der Waals surface area contributed by atoms with Crippen LogP contribution < -0.4 is 0 Å². The highest BCUT2D eigenvalue weighted by atomic mass is 15.4. The van der Waals surface area contributed by atoms with Gasteiger partial charge in [-0.15, -0.1) is 5.10 Å². The third-order valence-electron chi connectivity index (χ3n) is 5.08. The predicted molar refractivity (Wildman–Crippen MR) is 97.0 cm³/mol. The SMILES string of the molecule is CCc1ccc(-c2cn(C3CCCCc4ccccc43)nn2)cc1. The first-order chi connectivity index (χ1) is 11.8. The van der Waals surface area contributed by atoms with Gasteiger partial charge in [0.25, 0.3) is 0 Å². The first kappa shape index (κ1) is 15.1. The van der Waals surface area contributed by atoms with Gasteiger partial charge >= 0.3 is 0 Å². The Labute approximate surface area is 143 Å². The first-order valence-electron chi connectivity index (χ1n) is 8.94. The molecule has 1 aromatic heterocycles. The van der Waals surface area contributed by atoms with Crippen LogP contribution in [0.1, 0.15) is 48.9 Å². The average molecular weight is 317 g/mol. The lowest BCUT2D eigenvalue weighted by Crippen LogP contribution is -2.12. The lowest BCUT2D eigenvalue weighted by atomic mass is 9.99. The van der Waals surface area contributed by atoms with Gasteiger partial charge in [0, 0.05) is 5.56 Å². The van der Waals surface area contributed by atoms with Crippen molar-refractivity contribution in [2.24, 2.45) is 0 Å². The van der Waals surface area contributed by atoms with Crippen LogP contribution in [0.4, 0.5) is 0 Å². The molecule has 3 nitrogen and oxygen atoms in total. The van der Waals surface area contributed by atoms with E-state index in [0.29, 0.717) is 6.04 Å². The van der Waals surface area contributed by atoms with Crippen LogP contribution in [0, 0.1) is 0 Å². The Morgan fingerprint density at radius 1 is 1.04 bits per heavy atom. The van der Waals surface area contributed by atoms with E-state index < -0.39 is 0 Å². The Kier molecular flexibility index (Phi) is 4.16. The van der Waals surface area contributed by atoms with Crippen LogP contribution in [0.15, 0.2) is 54.7 Å². The predicted octanol–water partition coefficient (Wildman–Crippen LogP) is 4.82. The molecule has 24 heavy (non-hydrogen) atoms. The molecule has 1 unspecified atom stereocenters. The molecule has 0 fully saturated rings. The summed E-state index contributed by atoms with van der Waals surface area (Å²) in [5, 5.41) is 8.90. The number of nitrogens with zero attached hydrogens (tertiary/aromatic N) is 3. The molecule has 2 aromatic carbocycles. The van der Waals surface area contributed by atoms with Crippen LogP contribution in [-0.2, 0) is 12.8 Å². The van der Waals surface area contributed by atoms with Crippen LogP contribution in [0.3, 0.4) is 0 Å². The lowest BCUT2D eigenvalue weighted by molar-refractivity contribution is 0.468. The van der Waals surface area contributed by atoms with E-state index in [1.165, 1.54) is 36.0 Å². The maximum atomic E-state index is 4.47. The number of rotatable bonds is 3. The van der Waals surface area contributed by atoms with Crippen molar-refractivity contribution in [3.05, 3.63) is 71.4 Å². The van der Waals surface area contributed by atoms with Gasteiger partial charge in [-0.1, -0.05) is 67.1 Å². The van der Waals surface area contributed by atoms with E-state index in [0.717, 1.165) is 24.1 Å². The quantitative estimate of drug-likeness (QED) is 0.648. The monoisotopic (exact) mass is 317 g/mol. The summed E-state index contributed by atoms with van der Waals surface area (Å²) < 4.78 is 2.06. The van der Waals surface area contributed by atoms with E-state index in [1.54, 1.807) is 0 Å². The van der Waals surface area contributed by atoms with Crippen LogP contribution in [-0.4, -0.2) is 15.0 Å². The third kappa shape index (κ3) is 2.86. The first-order valence-corrected chi connectivity index (χ1v) is 8.94. The summed E-state index contributed by atoms with van der Waals surface area (Å²) in [6, 6.07) is 17.7. The Bertz CT molecular complexity index is 817. The summed E-state index contributed by atoms with van der Waals surface area (Å²) in [5.74, 6) is 0. The van der Waals surface area contributed by atoms with Gasteiger partial charge in [0.2, 0.25) is 0 Å². The smallest absolute Gasteiger partial charge is 0.113 e. The molecule has 3 aromatic rings. The second kappa shape index (κ2) is 6.60. The second-order valence-electron chi connectivity index (χ2n) is 6.59. The molecule has 0 saturated heterocycles. The standard InChI is InChI=1S/C21H23N3/c1-2-16-11-13-18(14-12-16)20-15-24(23-22-20)21-10-6-4-8-17-7-3-5-9-19(17)21/h3,5,7,9,11-15,21H,2,4,6,8,10H2,1H3. The molecular formula is C21H23N3. The Morgan fingerprint density at radius 3 is 2.71 bits per heavy atom. The zero-order valence-electron chi connectivity index (χ0n) is 14.2. The van der Waals surface area contributed by atoms with Gasteiger partial charge in [0.1, 0.15) is 5.69 Å². The van der Waals surface area contributed by atoms with Crippen molar-refractivity contribution in [1.29, 1.82) is 0 Å². The second-order valence-corrected chi connectivity index (χ2v) is 6.59. The summed E-state index contributed by atoms with van der Waals surface area (Å²) >= 11 is 0. The molecule has 122 valence electrons. The Balaban J connectivity index is 1.67. The minimum absolute atomic E-state index is 0.305. The van der Waals surface area contributed by atoms with E-state index in [1.807, 2.05) is 0 Å². The fraction of sp³-hybridized carbons (Fsp3) is 0.333. The number of aryl methyl sites for hydroxylation is 2. The van der Waals surface area contributed by atoms with Crippen molar-refractivity contribution in [3.8, 4) is 11.3 Å². The topological polar surface area (TPSA) is 30.7 Å². The highest BCUT2D eigenvalue weighted by Crippen LogP contribution is 2.32. The fourth-order valence-electron chi connectivity index (χ4n) is 3.64. The van der Waals surface area contributed by atoms with Crippen molar-refractivity contribution in [2.45, 2.75) is 45.1 Å². The lowest BCUT2D eigenvalue weighted by Gasteiger charge is -2.17. The molecule has 1 heterocycles. The average Bonchev–Trinajstić information content (AvgIpc) is 3.02. The van der Waals surface area contributed by atoms with Gasteiger partial charge in [0.05, 0.1) is 12.2 Å². The Morgan fingerprint density at radius 2 is 1.88 bits per heavy atom. The molecule has 0 N–H and O–H groups in total. The van der Waals surface area contributed by atoms with Gasteiger partial charge in [-0.05, 0) is 42.4 Å². The molecule has 0 spiro atoms. The van der Waals surface area contributed by atoms with E-state index in [9.17, 15) is 0 Å². The summed E-state index contributed by atoms with van der Waals surface area (Å²) in [5.41, 5.74) is 6.32. The molecular weight excluding hydrogens is 294 g/mol. The van der Waals surface area contributed by atoms with Crippen molar-refractivity contribution < 1.29 is 0 Å². The molecule has 3 heteroatoms. The van der Waals surface area contributed by atoms with Crippen molar-refractivity contribution in [2.75, 3.05) is 0 Å². The van der Waals surface area contributed by atoms with Crippen LogP contribution in [0.2, 0.25) is 0 Å². The number of hydrogen-bond acceptors (Lipinski definition) is 2. The molecule has 0 saturated carbocycles. The number of fused-ring (bicyclic) bond motifs is 1. The van der Waals surface area contributed by atoms with Gasteiger partial charge in [-0.3, -0.25) is 0 Å². The van der Waals surface area contributed by atoms with E-state index in [2.05, 4.69) is 76.6 Å². The van der Waals surface area contributed by atoms with Crippen LogP contribution in [0.25, 0.3) is 11.3 Å². The summed E-state index contributed by atoms with van der Waals surface area (Å²) in [6.45, 7) is 2.18. The molecule has 1 atom stereocenters. The van der Waals surface area contributed by atoms with Crippen molar-refractivity contribution in [3.63, 3.8) is 0 Å².